The van der Waals surface area contributed by atoms with Gasteiger partial charge < -0.3 is 20.7 Å². The quantitative estimate of drug-likeness (QED) is 0.618. The summed E-state index contributed by atoms with van der Waals surface area (Å²) in [6, 6.07) is -1.50. The van der Waals surface area contributed by atoms with Gasteiger partial charge in [-0.2, -0.15) is 0 Å². The summed E-state index contributed by atoms with van der Waals surface area (Å²) in [7, 11) is 1.31. The summed E-state index contributed by atoms with van der Waals surface area (Å²) in [6.07, 6.45) is 2.40. The number of carbonyl (C=O) groups excluding carboxylic acids is 3. The van der Waals surface area contributed by atoms with Gasteiger partial charge in [-0.1, -0.05) is 34.1 Å². The molecular formula is C20H32N4O4S. The second-order valence-electron chi connectivity index (χ2n) is 7.89. The number of rotatable bonds is 8. The molecule has 29 heavy (non-hydrogen) atoms. The molecule has 9 heteroatoms. The summed E-state index contributed by atoms with van der Waals surface area (Å²) in [5.74, 6) is -0.982. The van der Waals surface area contributed by atoms with Crippen molar-refractivity contribution in [2.75, 3.05) is 13.7 Å². The highest BCUT2D eigenvalue weighted by atomic mass is 32.1. The van der Waals surface area contributed by atoms with E-state index in [9.17, 15) is 14.4 Å². The first kappa shape index (κ1) is 23.3. The standard InChI is InChI=1S/C20H32N4O4S/c1-6-12(4)15(21)17(25)23-16(11(2)3)19(26)24-9-7-8-14(24)18-22-13(10-29-18)20(27)28-5/h10-12,14-16H,6-9,21H2,1-5H3,(H,23,25)/t12-,14-,15-,16-/m0/s1. The van der Waals surface area contributed by atoms with Crippen molar-refractivity contribution in [2.45, 2.75) is 65.1 Å². The number of nitrogens with zero attached hydrogens (tertiary/aromatic N) is 2. The Bertz CT molecular complexity index is 736. The van der Waals surface area contributed by atoms with E-state index in [4.69, 9.17) is 10.5 Å². The predicted octanol–water partition coefficient (Wildman–Crippen LogP) is 2.11. The summed E-state index contributed by atoms with van der Waals surface area (Å²) in [5.41, 5.74) is 6.30. The SMILES string of the molecule is CC[C@H](C)[C@H](N)C(=O)N[C@H](C(=O)N1CCC[C@H]1c1nc(C(=O)OC)cs1)C(C)C. The Hall–Kier alpha value is -2.00. The Morgan fingerprint density at radius 1 is 1.38 bits per heavy atom. The van der Waals surface area contributed by atoms with Crippen LogP contribution < -0.4 is 11.1 Å². The number of thiazole rings is 1. The number of nitrogens with two attached hydrogens (primary N) is 1. The summed E-state index contributed by atoms with van der Waals surface area (Å²) < 4.78 is 4.72. The lowest BCUT2D eigenvalue weighted by molar-refractivity contribution is -0.139. The fourth-order valence-electron chi connectivity index (χ4n) is 3.38. The average Bonchev–Trinajstić information content (AvgIpc) is 3.38. The molecule has 4 atom stereocenters. The first-order valence-corrected chi connectivity index (χ1v) is 11.0. The van der Waals surface area contributed by atoms with Crippen LogP contribution in [-0.2, 0) is 14.3 Å². The number of hydrogen-bond donors (Lipinski definition) is 2. The lowest BCUT2D eigenvalue weighted by atomic mass is 9.97. The minimum absolute atomic E-state index is 0.0320. The molecule has 0 spiro atoms. The molecule has 0 unspecified atom stereocenters. The minimum atomic E-state index is -0.654. The van der Waals surface area contributed by atoms with Crippen LogP contribution >= 0.6 is 11.3 Å². The zero-order valence-corrected chi connectivity index (χ0v) is 18.6. The summed E-state index contributed by atoms with van der Waals surface area (Å²) in [6.45, 7) is 8.30. The van der Waals surface area contributed by atoms with E-state index in [2.05, 4.69) is 10.3 Å². The van der Waals surface area contributed by atoms with Crippen molar-refractivity contribution >= 4 is 29.1 Å². The number of likely N-dealkylation sites (tertiary alicyclic amines) is 1. The normalized spacial score (nSPS) is 19.7. The van der Waals surface area contributed by atoms with Crippen LogP contribution in [-0.4, -0.2) is 53.4 Å². The van der Waals surface area contributed by atoms with Gasteiger partial charge in [-0.25, -0.2) is 9.78 Å². The largest absolute Gasteiger partial charge is 0.464 e. The third-order valence-corrected chi connectivity index (χ3v) is 6.47. The number of nitrogens with one attached hydrogen (secondary N) is 1. The van der Waals surface area contributed by atoms with Crippen LogP contribution in [0.4, 0.5) is 0 Å². The van der Waals surface area contributed by atoms with Crippen LogP contribution in [0.3, 0.4) is 0 Å². The monoisotopic (exact) mass is 424 g/mol. The van der Waals surface area contributed by atoms with Gasteiger partial charge in [0.05, 0.1) is 19.2 Å². The van der Waals surface area contributed by atoms with E-state index >= 15 is 0 Å². The third kappa shape index (κ3) is 5.33. The summed E-state index contributed by atoms with van der Waals surface area (Å²) >= 11 is 1.34. The average molecular weight is 425 g/mol. The molecular weight excluding hydrogens is 392 g/mol. The van der Waals surface area contributed by atoms with Gasteiger partial charge in [0.1, 0.15) is 11.0 Å². The highest BCUT2D eigenvalue weighted by Gasteiger charge is 2.38. The molecule has 3 N–H and O–H groups in total. The van der Waals surface area contributed by atoms with Crippen LogP contribution in [0.15, 0.2) is 5.38 Å². The van der Waals surface area contributed by atoms with Crippen molar-refractivity contribution in [1.82, 2.24) is 15.2 Å². The molecule has 8 nitrogen and oxygen atoms in total. The van der Waals surface area contributed by atoms with Crippen LogP contribution in [0.5, 0.6) is 0 Å². The second-order valence-corrected chi connectivity index (χ2v) is 8.78. The lowest BCUT2D eigenvalue weighted by Crippen LogP contribution is -2.55. The van der Waals surface area contributed by atoms with Gasteiger partial charge in [0.2, 0.25) is 11.8 Å². The van der Waals surface area contributed by atoms with Crippen molar-refractivity contribution in [2.24, 2.45) is 17.6 Å². The number of amides is 2. The van der Waals surface area contributed by atoms with E-state index < -0.39 is 18.1 Å². The van der Waals surface area contributed by atoms with Crippen molar-refractivity contribution < 1.29 is 19.1 Å². The second kappa shape index (κ2) is 10.2. The zero-order chi connectivity index (χ0) is 21.7. The molecule has 2 heterocycles. The van der Waals surface area contributed by atoms with Crippen LogP contribution in [0.1, 0.15) is 68.5 Å². The maximum Gasteiger partial charge on any atom is 0.357 e. The van der Waals surface area contributed by atoms with E-state index in [0.29, 0.717) is 11.6 Å². The topological polar surface area (TPSA) is 115 Å². The number of carbonyl (C=O) groups is 3. The molecule has 1 fully saturated rings. The van der Waals surface area contributed by atoms with Gasteiger partial charge in [-0.3, -0.25) is 9.59 Å². The smallest absolute Gasteiger partial charge is 0.357 e. The molecule has 162 valence electrons. The molecule has 2 amide bonds. The lowest BCUT2D eigenvalue weighted by Gasteiger charge is -2.31. The molecule has 1 aromatic heterocycles. The zero-order valence-electron chi connectivity index (χ0n) is 17.8. The molecule has 0 aliphatic carbocycles. The van der Waals surface area contributed by atoms with Crippen molar-refractivity contribution in [3.05, 3.63) is 16.1 Å². The Morgan fingerprint density at radius 2 is 2.07 bits per heavy atom. The first-order valence-electron chi connectivity index (χ1n) is 10.1. The number of esters is 1. The molecule has 1 aromatic rings. The number of hydrogen-bond acceptors (Lipinski definition) is 7. The van der Waals surface area contributed by atoms with Crippen LogP contribution in [0.25, 0.3) is 0 Å². The molecule has 1 aliphatic heterocycles. The molecule has 0 saturated carbocycles. The van der Waals surface area contributed by atoms with Gasteiger partial charge in [0.15, 0.2) is 5.69 Å². The highest BCUT2D eigenvalue weighted by molar-refractivity contribution is 7.09. The van der Waals surface area contributed by atoms with E-state index in [-0.39, 0.29) is 35.4 Å². The Morgan fingerprint density at radius 3 is 2.66 bits per heavy atom. The van der Waals surface area contributed by atoms with Gasteiger partial charge in [-0.15, -0.1) is 11.3 Å². The van der Waals surface area contributed by atoms with Crippen molar-refractivity contribution in [3.63, 3.8) is 0 Å². The maximum absolute atomic E-state index is 13.3. The van der Waals surface area contributed by atoms with Crippen molar-refractivity contribution in [1.29, 1.82) is 0 Å². The maximum atomic E-state index is 13.3. The fraction of sp³-hybridized carbons (Fsp3) is 0.700. The van der Waals surface area contributed by atoms with E-state index in [1.807, 2.05) is 27.7 Å². The molecule has 0 radical (unpaired) electrons. The molecule has 2 rings (SSSR count). The van der Waals surface area contributed by atoms with Gasteiger partial charge in [-0.05, 0) is 24.7 Å². The van der Waals surface area contributed by atoms with Crippen LogP contribution in [0, 0.1) is 11.8 Å². The minimum Gasteiger partial charge on any atom is -0.464 e. The molecule has 1 saturated heterocycles. The van der Waals surface area contributed by atoms with E-state index in [1.54, 1.807) is 10.3 Å². The summed E-state index contributed by atoms with van der Waals surface area (Å²) in [4.78, 5) is 43.7. The fourth-order valence-corrected chi connectivity index (χ4v) is 4.31. The van der Waals surface area contributed by atoms with Gasteiger partial charge >= 0.3 is 5.97 Å². The Balaban J connectivity index is 2.16. The van der Waals surface area contributed by atoms with E-state index in [0.717, 1.165) is 19.3 Å². The molecule has 0 bridgehead atoms. The summed E-state index contributed by atoms with van der Waals surface area (Å²) in [5, 5.41) is 5.22. The Labute approximate surface area is 176 Å². The molecule has 0 aromatic carbocycles. The van der Waals surface area contributed by atoms with Crippen LogP contribution in [0.2, 0.25) is 0 Å². The number of ether oxygens (including phenoxy) is 1. The van der Waals surface area contributed by atoms with Gasteiger partial charge in [0.25, 0.3) is 0 Å². The first-order chi connectivity index (χ1) is 13.7. The molecule has 1 aliphatic rings. The predicted molar refractivity (Wildman–Crippen MR) is 111 cm³/mol. The number of methoxy groups -OCH3 is 1. The van der Waals surface area contributed by atoms with E-state index in [1.165, 1.54) is 18.4 Å². The van der Waals surface area contributed by atoms with Crippen molar-refractivity contribution in [3.8, 4) is 0 Å². The Kier molecular flexibility index (Phi) is 8.15. The number of aromatic nitrogens is 1. The van der Waals surface area contributed by atoms with Gasteiger partial charge in [0, 0.05) is 11.9 Å². The highest BCUT2D eigenvalue weighted by Crippen LogP contribution is 2.34. The third-order valence-electron chi connectivity index (χ3n) is 5.53.